The number of hydrogen-bond donors (Lipinski definition) is 1. The average molecular weight is 394 g/mol. The number of rotatable bonds is 7. The fourth-order valence-electron chi connectivity index (χ4n) is 2.65. The highest BCUT2D eigenvalue weighted by atomic mass is 32.2. The number of carbonyl (C=O) groups is 1. The van der Waals surface area contributed by atoms with Crippen LogP contribution in [0.1, 0.15) is 22.5 Å². The molecule has 1 N–H and O–H groups in total. The van der Waals surface area contributed by atoms with E-state index in [1.54, 1.807) is 0 Å². The monoisotopic (exact) mass is 393 g/mol. The summed E-state index contributed by atoms with van der Waals surface area (Å²) in [5, 5.41) is 3.53. The van der Waals surface area contributed by atoms with Gasteiger partial charge in [0.15, 0.2) is 5.16 Å². The van der Waals surface area contributed by atoms with E-state index in [-0.39, 0.29) is 11.7 Å². The summed E-state index contributed by atoms with van der Waals surface area (Å²) in [4.78, 5) is 21.0. The van der Waals surface area contributed by atoms with Crippen LogP contribution < -0.4 is 10.1 Å². The minimum atomic E-state index is -0.106. The highest BCUT2D eigenvalue weighted by Crippen LogP contribution is 2.24. The Morgan fingerprint density at radius 1 is 1.00 bits per heavy atom. The van der Waals surface area contributed by atoms with Crippen molar-refractivity contribution in [2.45, 2.75) is 32.5 Å². The van der Waals surface area contributed by atoms with Gasteiger partial charge in [0.1, 0.15) is 12.4 Å². The molecule has 144 valence electrons. The molecule has 3 aromatic rings. The molecule has 0 saturated heterocycles. The Bertz CT molecular complexity index is 941. The van der Waals surface area contributed by atoms with Gasteiger partial charge in [-0.3, -0.25) is 4.79 Å². The number of amides is 1. The van der Waals surface area contributed by atoms with E-state index in [2.05, 4.69) is 15.3 Å². The summed E-state index contributed by atoms with van der Waals surface area (Å²) in [6.45, 7) is 6.31. The van der Waals surface area contributed by atoms with E-state index >= 15 is 0 Å². The fourth-order valence-corrected chi connectivity index (χ4v) is 3.40. The van der Waals surface area contributed by atoms with E-state index in [4.69, 9.17) is 4.74 Å². The van der Waals surface area contributed by atoms with Gasteiger partial charge in [0.05, 0.1) is 5.75 Å². The first-order chi connectivity index (χ1) is 13.5. The second-order valence-corrected chi connectivity index (χ2v) is 7.47. The molecule has 0 aliphatic rings. The van der Waals surface area contributed by atoms with Crippen LogP contribution >= 0.6 is 11.8 Å². The molecule has 0 radical (unpaired) electrons. The maximum atomic E-state index is 12.3. The van der Waals surface area contributed by atoms with Gasteiger partial charge >= 0.3 is 0 Å². The highest BCUT2D eigenvalue weighted by molar-refractivity contribution is 7.99. The number of carbonyl (C=O) groups excluding carboxylic acids is 1. The van der Waals surface area contributed by atoms with Crippen LogP contribution in [0.25, 0.3) is 0 Å². The Kier molecular flexibility index (Phi) is 6.66. The number of aromatic nitrogens is 2. The van der Waals surface area contributed by atoms with Gasteiger partial charge in [-0.2, -0.15) is 0 Å². The maximum Gasteiger partial charge on any atom is 0.234 e. The van der Waals surface area contributed by atoms with Gasteiger partial charge in [-0.1, -0.05) is 48.2 Å². The molecule has 0 atom stereocenters. The second-order valence-electron chi connectivity index (χ2n) is 6.52. The molecule has 5 nitrogen and oxygen atoms in total. The normalized spacial score (nSPS) is 10.5. The van der Waals surface area contributed by atoms with Crippen molar-refractivity contribution in [2.24, 2.45) is 0 Å². The molecule has 1 aromatic heterocycles. The van der Waals surface area contributed by atoms with Crippen molar-refractivity contribution in [1.82, 2.24) is 9.97 Å². The van der Waals surface area contributed by atoms with E-state index in [1.165, 1.54) is 11.8 Å². The lowest BCUT2D eigenvalue weighted by molar-refractivity contribution is -0.113. The third-order valence-electron chi connectivity index (χ3n) is 4.00. The quantitative estimate of drug-likeness (QED) is 0.465. The molecule has 0 saturated carbocycles. The first kappa shape index (κ1) is 19.9. The molecule has 0 aliphatic heterocycles. The summed E-state index contributed by atoms with van der Waals surface area (Å²) in [6, 6.07) is 17.6. The summed E-state index contributed by atoms with van der Waals surface area (Å²) >= 11 is 1.33. The van der Waals surface area contributed by atoms with Gasteiger partial charge in [0.25, 0.3) is 0 Å². The number of benzene rings is 2. The minimum absolute atomic E-state index is 0.106. The zero-order chi connectivity index (χ0) is 19.9. The average Bonchev–Trinajstić information content (AvgIpc) is 2.67. The van der Waals surface area contributed by atoms with Crippen molar-refractivity contribution in [3.8, 4) is 5.75 Å². The maximum absolute atomic E-state index is 12.3. The van der Waals surface area contributed by atoms with Crippen LogP contribution in [-0.4, -0.2) is 21.6 Å². The third-order valence-corrected chi connectivity index (χ3v) is 4.85. The Balaban J connectivity index is 1.58. The smallest absolute Gasteiger partial charge is 0.234 e. The number of aryl methyl sites for hydroxylation is 3. The topological polar surface area (TPSA) is 64.1 Å². The molecule has 28 heavy (non-hydrogen) atoms. The van der Waals surface area contributed by atoms with Gasteiger partial charge in [-0.05, 0) is 44.0 Å². The summed E-state index contributed by atoms with van der Waals surface area (Å²) in [5.74, 6) is 0.898. The Morgan fingerprint density at radius 2 is 1.71 bits per heavy atom. The lowest BCUT2D eigenvalue weighted by atomic mass is 10.2. The largest absolute Gasteiger partial charge is 0.489 e. The van der Waals surface area contributed by atoms with E-state index in [0.717, 1.165) is 28.3 Å². The van der Waals surface area contributed by atoms with Crippen molar-refractivity contribution < 1.29 is 9.53 Å². The Morgan fingerprint density at radius 3 is 2.43 bits per heavy atom. The van der Waals surface area contributed by atoms with E-state index in [9.17, 15) is 4.79 Å². The van der Waals surface area contributed by atoms with Crippen molar-refractivity contribution in [3.63, 3.8) is 0 Å². The van der Waals surface area contributed by atoms with Crippen LogP contribution in [-0.2, 0) is 11.4 Å². The summed E-state index contributed by atoms with van der Waals surface area (Å²) in [6.07, 6.45) is 0. The fraction of sp³-hybridized carbons (Fsp3) is 0.227. The van der Waals surface area contributed by atoms with Crippen LogP contribution in [0, 0.1) is 20.8 Å². The number of nitrogens with zero attached hydrogens (tertiary/aromatic N) is 2. The number of anilines is 1. The molecule has 0 fully saturated rings. The number of nitrogens with one attached hydrogen (secondary N) is 1. The van der Waals surface area contributed by atoms with Gasteiger partial charge in [0, 0.05) is 23.1 Å². The predicted molar refractivity (Wildman–Crippen MR) is 113 cm³/mol. The van der Waals surface area contributed by atoms with Gasteiger partial charge in [0.2, 0.25) is 5.91 Å². The number of ether oxygens (including phenoxy) is 1. The van der Waals surface area contributed by atoms with Crippen molar-refractivity contribution in [3.05, 3.63) is 77.1 Å². The summed E-state index contributed by atoms with van der Waals surface area (Å²) in [5.41, 5.74) is 4.62. The molecule has 6 heteroatoms. The zero-order valence-corrected chi connectivity index (χ0v) is 17.0. The van der Waals surface area contributed by atoms with Crippen LogP contribution in [0.5, 0.6) is 5.75 Å². The van der Waals surface area contributed by atoms with Crippen LogP contribution in [0.3, 0.4) is 0 Å². The van der Waals surface area contributed by atoms with E-state index in [1.807, 2.05) is 75.4 Å². The zero-order valence-electron chi connectivity index (χ0n) is 16.2. The van der Waals surface area contributed by atoms with E-state index in [0.29, 0.717) is 17.5 Å². The van der Waals surface area contributed by atoms with E-state index < -0.39 is 0 Å². The van der Waals surface area contributed by atoms with Crippen molar-refractivity contribution >= 4 is 23.4 Å². The molecule has 0 spiro atoms. The third kappa shape index (κ3) is 5.82. The predicted octanol–water partition coefficient (Wildman–Crippen LogP) is 4.71. The van der Waals surface area contributed by atoms with Crippen molar-refractivity contribution in [1.29, 1.82) is 0 Å². The van der Waals surface area contributed by atoms with Crippen LogP contribution in [0.4, 0.5) is 5.69 Å². The second kappa shape index (κ2) is 9.37. The lowest BCUT2D eigenvalue weighted by Gasteiger charge is -2.12. The Hall–Kier alpha value is -2.86. The Labute approximate surface area is 169 Å². The SMILES string of the molecule is Cc1cc(C)nc(SCC(=O)Nc2ccc(C)c(OCc3ccccc3)c2)n1. The van der Waals surface area contributed by atoms with Crippen LogP contribution in [0.15, 0.2) is 59.8 Å². The standard InChI is InChI=1S/C22H23N3O2S/c1-15-9-10-19(12-20(15)27-13-18-7-5-4-6-8-18)25-21(26)14-28-22-23-16(2)11-17(3)24-22/h4-12H,13-14H2,1-3H3,(H,25,26). The number of hydrogen-bond acceptors (Lipinski definition) is 5. The summed E-state index contributed by atoms with van der Waals surface area (Å²) < 4.78 is 5.92. The van der Waals surface area contributed by atoms with Gasteiger partial charge in [-0.25, -0.2) is 9.97 Å². The first-order valence-corrected chi connectivity index (χ1v) is 10.0. The first-order valence-electron chi connectivity index (χ1n) is 9.02. The van der Waals surface area contributed by atoms with Crippen LogP contribution in [0.2, 0.25) is 0 Å². The molecule has 2 aromatic carbocycles. The molecule has 0 unspecified atom stereocenters. The molecule has 0 aliphatic carbocycles. The molecule has 1 heterocycles. The lowest BCUT2D eigenvalue weighted by Crippen LogP contribution is -2.14. The molecule has 3 rings (SSSR count). The minimum Gasteiger partial charge on any atom is -0.489 e. The molecular weight excluding hydrogens is 370 g/mol. The molecular formula is C22H23N3O2S. The molecule has 1 amide bonds. The summed E-state index contributed by atoms with van der Waals surface area (Å²) in [7, 11) is 0. The van der Waals surface area contributed by atoms with Gasteiger partial charge in [-0.15, -0.1) is 0 Å². The highest BCUT2D eigenvalue weighted by Gasteiger charge is 2.09. The number of thioether (sulfide) groups is 1. The van der Waals surface area contributed by atoms with Gasteiger partial charge < -0.3 is 10.1 Å². The van der Waals surface area contributed by atoms with Crippen molar-refractivity contribution in [2.75, 3.05) is 11.1 Å². The molecule has 0 bridgehead atoms.